The largest absolute Gasteiger partial charge is 0.444 e. The molecule has 1 spiro atoms. The molecule has 1 heterocycles. The molecule has 5 nitrogen and oxygen atoms in total. The molecule has 120 valence electrons. The quantitative estimate of drug-likeness (QED) is 0.807. The summed E-state index contributed by atoms with van der Waals surface area (Å²) in [6.07, 6.45) is 2.12. The number of aliphatic hydroxyl groups excluding tert-OH is 1. The first-order valence-electron chi connectivity index (χ1n) is 7.85. The number of rotatable bonds is 1. The highest BCUT2D eigenvalue weighted by atomic mass is 16.6. The van der Waals surface area contributed by atoms with E-state index < -0.39 is 11.7 Å². The summed E-state index contributed by atoms with van der Waals surface area (Å²) in [5.41, 5.74) is -0.813. The van der Waals surface area contributed by atoms with Crippen LogP contribution in [0, 0.1) is 11.3 Å². The van der Waals surface area contributed by atoms with Crippen LogP contribution < -0.4 is 0 Å². The standard InChI is InChI=1S/C16H27NO4/c1-11(18)12-5-6-16(13(12)19)7-9-17(10-8-16)14(20)21-15(2,3)4/h11-12,18H,5-10H2,1-4H3/t11-,12+/m0/s1. The Morgan fingerprint density at radius 2 is 1.90 bits per heavy atom. The lowest BCUT2D eigenvalue weighted by molar-refractivity contribution is -0.133. The lowest BCUT2D eigenvalue weighted by Gasteiger charge is -2.39. The molecule has 1 aliphatic heterocycles. The number of ketones is 1. The van der Waals surface area contributed by atoms with Crippen LogP contribution in [0.2, 0.25) is 0 Å². The molecule has 1 aliphatic carbocycles. The van der Waals surface area contributed by atoms with Crippen molar-refractivity contribution in [3.63, 3.8) is 0 Å². The van der Waals surface area contributed by atoms with Gasteiger partial charge in [0, 0.05) is 24.4 Å². The van der Waals surface area contributed by atoms with Crippen LogP contribution >= 0.6 is 0 Å². The number of hydrogen-bond donors (Lipinski definition) is 1. The number of carbonyl (C=O) groups excluding carboxylic acids is 2. The Bertz CT molecular complexity index is 416. The molecule has 0 bridgehead atoms. The summed E-state index contributed by atoms with van der Waals surface area (Å²) in [5.74, 6) is -0.0283. The van der Waals surface area contributed by atoms with Gasteiger partial charge in [-0.15, -0.1) is 0 Å². The summed E-state index contributed by atoms with van der Waals surface area (Å²) in [7, 11) is 0. The number of Topliss-reactive ketones (excluding diaryl/α,β-unsaturated/α-hetero) is 1. The maximum absolute atomic E-state index is 12.5. The predicted octanol–water partition coefficient (Wildman–Crippen LogP) is 2.36. The summed E-state index contributed by atoms with van der Waals surface area (Å²) < 4.78 is 5.38. The summed E-state index contributed by atoms with van der Waals surface area (Å²) in [6.45, 7) is 8.37. The maximum atomic E-state index is 12.5. The molecule has 21 heavy (non-hydrogen) atoms. The van der Waals surface area contributed by atoms with E-state index in [-0.39, 0.29) is 23.2 Å². The molecule has 1 saturated heterocycles. The topological polar surface area (TPSA) is 66.8 Å². The molecule has 0 unspecified atom stereocenters. The second-order valence-corrected chi connectivity index (χ2v) is 7.50. The number of nitrogens with zero attached hydrogens (tertiary/aromatic N) is 1. The Morgan fingerprint density at radius 3 is 2.33 bits per heavy atom. The minimum Gasteiger partial charge on any atom is -0.444 e. The molecule has 1 N–H and O–H groups in total. The lowest BCUT2D eigenvalue weighted by Crippen LogP contribution is -2.47. The molecule has 2 aliphatic rings. The molecular weight excluding hydrogens is 270 g/mol. The van der Waals surface area contributed by atoms with E-state index in [4.69, 9.17) is 4.74 Å². The molecular formula is C16H27NO4. The molecule has 2 fully saturated rings. The number of amides is 1. The SMILES string of the molecule is C[C@H](O)[C@H]1CCC2(CCN(C(=O)OC(C)(C)C)CC2)C1=O. The zero-order chi connectivity index (χ0) is 15.8. The minimum atomic E-state index is -0.569. The van der Waals surface area contributed by atoms with E-state index in [1.807, 2.05) is 20.8 Å². The first kappa shape index (κ1) is 16.3. The molecule has 1 saturated carbocycles. The van der Waals surface area contributed by atoms with Gasteiger partial charge < -0.3 is 14.7 Å². The zero-order valence-electron chi connectivity index (χ0n) is 13.5. The number of piperidine rings is 1. The average Bonchev–Trinajstić information content (AvgIpc) is 2.66. The average molecular weight is 297 g/mol. The number of aliphatic hydroxyl groups is 1. The van der Waals surface area contributed by atoms with E-state index in [2.05, 4.69) is 0 Å². The normalized spacial score (nSPS) is 27.0. The third kappa shape index (κ3) is 3.39. The van der Waals surface area contributed by atoms with Gasteiger partial charge >= 0.3 is 6.09 Å². The number of carbonyl (C=O) groups is 2. The monoisotopic (exact) mass is 297 g/mol. The van der Waals surface area contributed by atoms with Gasteiger partial charge in [0.05, 0.1) is 6.10 Å². The van der Waals surface area contributed by atoms with Crippen molar-refractivity contribution < 1.29 is 19.4 Å². The van der Waals surface area contributed by atoms with Crippen LogP contribution in [0.5, 0.6) is 0 Å². The van der Waals surface area contributed by atoms with E-state index in [0.717, 1.165) is 12.8 Å². The summed E-state index contributed by atoms with van der Waals surface area (Å²) in [4.78, 5) is 26.3. The molecule has 5 heteroatoms. The summed E-state index contributed by atoms with van der Waals surface area (Å²) >= 11 is 0. The highest BCUT2D eigenvalue weighted by Crippen LogP contribution is 2.47. The van der Waals surface area contributed by atoms with Crippen molar-refractivity contribution in [2.24, 2.45) is 11.3 Å². The summed E-state index contributed by atoms with van der Waals surface area (Å²) in [6, 6.07) is 0. The van der Waals surface area contributed by atoms with Gasteiger partial charge in [0.1, 0.15) is 11.4 Å². The van der Waals surface area contributed by atoms with E-state index in [1.54, 1.807) is 11.8 Å². The molecule has 0 radical (unpaired) electrons. The molecule has 0 aromatic rings. The van der Waals surface area contributed by atoms with Crippen molar-refractivity contribution >= 4 is 11.9 Å². The second kappa shape index (κ2) is 5.59. The Labute approximate surface area is 126 Å². The van der Waals surface area contributed by atoms with Crippen LogP contribution in [-0.4, -0.2) is 46.7 Å². The van der Waals surface area contributed by atoms with Crippen molar-refractivity contribution in [2.75, 3.05) is 13.1 Å². The van der Waals surface area contributed by atoms with Crippen LogP contribution in [0.4, 0.5) is 4.79 Å². The second-order valence-electron chi connectivity index (χ2n) is 7.50. The third-order valence-corrected chi connectivity index (χ3v) is 4.75. The smallest absolute Gasteiger partial charge is 0.410 e. The molecule has 1 amide bonds. The maximum Gasteiger partial charge on any atom is 0.410 e. The van der Waals surface area contributed by atoms with E-state index in [0.29, 0.717) is 25.9 Å². The first-order valence-corrected chi connectivity index (χ1v) is 7.85. The van der Waals surface area contributed by atoms with Gasteiger partial charge in [-0.05, 0) is 53.4 Å². The molecule has 2 rings (SSSR count). The van der Waals surface area contributed by atoms with Crippen molar-refractivity contribution in [1.29, 1.82) is 0 Å². The fourth-order valence-electron chi connectivity index (χ4n) is 3.48. The van der Waals surface area contributed by atoms with Crippen molar-refractivity contribution in [1.82, 2.24) is 4.90 Å². The van der Waals surface area contributed by atoms with Crippen LogP contribution in [-0.2, 0) is 9.53 Å². The Balaban J connectivity index is 1.95. The van der Waals surface area contributed by atoms with E-state index in [1.165, 1.54) is 0 Å². The van der Waals surface area contributed by atoms with Crippen LogP contribution in [0.15, 0.2) is 0 Å². The Hall–Kier alpha value is -1.10. The van der Waals surface area contributed by atoms with Gasteiger partial charge in [-0.2, -0.15) is 0 Å². The van der Waals surface area contributed by atoms with Crippen molar-refractivity contribution in [2.45, 2.75) is 65.1 Å². The third-order valence-electron chi connectivity index (χ3n) is 4.75. The van der Waals surface area contributed by atoms with Gasteiger partial charge in [0.25, 0.3) is 0 Å². The van der Waals surface area contributed by atoms with Crippen molar-refractivity contribution in [3.8, 4) is 0 Å². The predicted molar refractivity (Wildman–Crippen MR) is 78.9 cm³/mol. The van der Waals surface area contributed by atoms with E-state index >= 15 is 0 Å². The number of hydrogen-bond acceptors (Lipinski definition) is 4. The summed E-state index contributed by atoms with van der Waals surface area (Å²) in [5, 5.41) is 9.70. The Morgan fingerprint density at radius 1 is 1.33 bits per heavy atom. The van der Waals surface area contributed by atoms with E-state index in [9.17, 15) is 14.7 Å². The van der Waals surface area contributed by atoms with Gasteiger partial charge in [-0.3, -0.25) is 4.79 Å². The zero-order valence-corrected chi connectivity index (χ0v) is 13.5. The fourth-order valence-corrected chi connectivity index (χ4v) is 3.48. The number of likely N-dealkylation sites (tertiary alicyclic amines) is 1. The fraction of sp³-hybridized carbons (Fsp3) is 0.875. The Kier molecular flexibility index (Phi) is 4.34. The molecule has 2 atom stereocenters. The highest BCUT2D eigenvalue weighted by molar-refractivity contribution is 5.89. The lowest BCUT2D eigenvalue weighted by atomic mass is 9.75. The van der Waals surface area contributed by atoms with Gasteiger partial charge in [0.2, 0.25) is 0 Å². The molecule has 0 aromatic carbocycles. The van der Waals surface area contributed by atoms with Crippen LogP contribution in [0.25, 0.3) is 0 Å². The molecule has 0 aromatic heterocycles. The van der Waals surface area contributed by atoms with Crippen LogP contribution in [0.1, 0.15) is 53.4 Å². The van der Waals surface area contributed by atoms with Gasteiger partial charge in [-0.1, -0.05) is 0 Å². The van der Waals surface area contributed by atoms with Crippen LogP contribution in [0.3, 0.4) is 0 Å². The van der Waals surface area contributed by atoms with Crippen molar-refractivity contribution in [3.05, 3.63) is 0 Å². The highest BCUT2D eigenvalue weighted by Gasteiger charge is 2.50. The minimum absolute atomic E-state index is 0.196. The first-order chi connectivity index (χ1) is 9.65. The van der Waals surface area contributed by atoms with Gasteiger partial charge in [-0.25, -0.2) is 4.79 Å². The van der Waals surface area contributed by atoms with Gasteiger partial charge in [0.15, 0.2) is 0 Å². The number of ether oxygens (including phenoxy) is 1.